The number of hydrogen-bond donors (Lipinski definition) is 1. The van der Waals surface area contributed by atoms with Crippen molar-refractivity contribution in [3.8, 4) is 0 Å². The van der Waals surface area contributed by atoms with Crippen LogP contribution >= 0.6 is 11.6 Å². The maximum absolute atomic E-state index is 14.0. The summed E-state index contributed by atoms with van der Waals surface area (Å²) in [5.74, 6) is 0.570. The lowest BCUT2D eigenvalue weighted by atomic mass is 9.82. The zero-order valence-electron chi connectivity index (χ0n) is 12.5. The number of nitrogens with zero attached hydrogens (tertiary/aromatic N) is 1. The zero-order valence-corrected chi connectivity index (χ0v) is 13.2. The van der Waals surface area contributed by atoms with Crippen LogP contribution in [0.3, 0.4) is 0 Å². The normalized spacial score (nSPS) is 25.1. The largest absolute Gasteiger partial charge is 0.314 e. The van der Waals surface area contributed by atoms with Gasteiger partial charge in [-0.2, -0.15) is 0 Å². The van der Waals surface area contributed by atoms with Gasteiger partial charge in [0.05, 0.1) is 0 Å². The molecule has 4 heteroatoms. The molecule has 1 aliphatic carbocycles. The lowest BCUT2D eigenvalue weighted by molar-refractivity contribution is 0.0850. The zero-order chi connectivity index (χ0) is 14.7. The first-order valence-corrected chi connectivity index (χ1v) is 8.51. The molecular formula is C17H24ClFN2. The molecule has 1 aliphatic heterocycles. The smallest absolute Gasteiger partial charge is 0.129 e. The van der Waals surface area contributed by atoms with Gasteiger partial charge in [0.1, 0.15) is 5.82 Å². The Morgan fingerprint density at radius 3 is 2.81 bits per heavy atom. The van der Waals surface area contributed by atoms with E-state index in [0.717, 1.165) is 25.6 Å². The third-order valence-electron chi connectivity index (χ3n) is 5.02. The van der Waals surface area contributed by atoms with Crippen molar-refractivity contribution in [2.75, 3.05) is 19.6 Å². The summed E-state index contributed by atoms with van der Waals surface area (Å²) in [5, 5.41) is 4.06. The molecule has 0 amide bonds. The molecule has 0 bridgehead atoms. The van der Waals surface area contributed by atoms with Crippen molar-refractivity contribution >= 4 is 11.6 Å². The monoisotopic (exact) mass is 310 g/mol. The van der Waals surface area contributed by atoms with Gasteiger partial charge in [-0.1, -0.05) is 36.9 Å². The Hall–Kier alpha value is -0.640. The van der Waals surface area contributed by atoms with E-state index in [1.54, 1.807) is 12.1 Å². The average Bonchev–Trinajstić information content (AvgIpc) is 2.52. The standard InChI is InChI=1S/C17H24ClFN2/c18-15-7-4-8-16(19)14(15)12-21-10-9-20-11-17(21)13-5-2-1-3-6-13/h4,7-8,13,17,20H,1-3,5-6,9-12H2. The van der Waals surface area contributed by atoms with E-state index in [0.29, 0.717) is 23.2 Å². The molecule has 1 unspecified atom stereocenters. The topological polar surface area (TPSA) is 15.3 Å². The Kier molecular flexibility index (Phi) is 5.15. The molecule has 3 rings (SSSR count). The molecule has 116 valence electrons. The highest BCUT2D eigenvalue weighted by Gasteiger charge is 2.31. The molecular weight excluding hydrogens is 287 g/mol. The van der Waals surface area contributed by atoms with Crippen LogP contribution in [0.1, 0.15) is 37.7 Å². The molecule has 2 fully saturated rings. The fourth-order valence-corrected chi connectivity index (χ4v) is 4.06. The predicted molar refractivity (Wildman–Crippen MR) is 85.1 cm³/mol. The van der Waals surface area contributed by atoms with Crippen LogP contribution in [0.15, 0.2) is 18.2 Å². The van der Waals surface area contributed by atoms with Crippen molar-refractivity contribution in [3.05, 3.63) is 34.6 Å². The molecule has 1 atom stereocenters. The van der Waals surface area contributed by atoms with Gasteiger partial charge in [-0.05, 0) is 30.9 Å². The van der Waals surface area contributed by atoms with Crippen LogP contribution in [-0.4, -0.2) is 30.6 Å². The van der Waals surface area contributed by atoms with Gasteiger partial charge in [0.25, 0.3) is 0 Å². The Morgan fingerprint density at radius 1 is 1.24 bits per heavy atom. The molecule has 21 heavy (non-hydrogen) atoms. The quantitative estimate of drug-likeness (QED) is 0.912. The number of benzene rings is 1. The summed E-state index contributed by atoms with van der Waals surface area (Å²) in [6.45, 7) is 3.62. The molecule has 2 nitrogen and oxygen atoms in total. The molecule has 0 aromatic heterocycles. The van der Waals surface area contributed by atoms with Gasteiger partial charge in [0.2, 0.25) is 0 Å². The van der Waals surface area contributed by atoms with E-state index in [1.807, 2.05) is 0 Å². The maximum Gasteiger partial charge on any atom is 0.129 e. The summed E-state index contributed by atoms with van der Waals surface area (Å²) >= 11 is 6.20. The van der Waals surface area contributed by atoms with Crippen LogP contribution in [-0.2, 0) is 6.54 Å². The van der Waals surface area contributed by atoms with Crippen molar-refractivity contribution in [1.29, 1.82) is 0 Å². The van der Waals surface area contributed by atoms with Crippen LogP contribution in [0.2, 0.25) is 5.02 Å². The van der Waals surface area contributed by atoms with Crippen LogP contribution in [0.25, 0.3) is 0 Å². The molecule has 1 saturated carbocycles. The minimum Gasteiger partial charge on any atom is -0.314 e. The molecule has 1 heterocycles. The predicted octanol–water partition coefficient (Wildman–Crippen LogP) is 3.83. The highest BCUT2D eigenvalue weighted by molar-refractivity contribution is 6.31. The van der Waals surface area contributed by atoms with E-state index in [4.69, 9.17) is 11.6 Å². The molecule has 1 N–H and O–H groups in total. The molecule has 1 aromatic rings. The first-order valence-electron chi connectivity index (χ1n) is 8.13. The number of piperazine rings is 1. The van der Waals surface area contributed by atoms with Crippen molar-refractivity contribution in [1.82, 2.24) is 10.2 Å². The van der Waals surface area contributed by atoms with E-state index in [1.165, 1.54) is 38.2 Å². The minimum absolute atomic E-state index is 0.177. The second kappa shape index (κ2) is 7.08. The fraction of sp³-hybridized carbons (Fsp3) is 0.647. The van der Waals surface area contributed by atoms with Crippen molar-refractivity contribution in [2.24, 2.45) is 5.92 Å². The van der Waals surface area contributed by atoms with E-state index in [-0.39, 0.29) is 5.82 Å². The highest BCUT2D eigenvalue weighted by Crippen LogP contribution is 2.31. The maximum atomic E-state index is 14.0. The van der Waals surface area contributed by atoms with Crippen molar-refractivity contribution in [3.63, 3.8) is 0 Å². The van der Waals surface area contributed by atoms with Gasteiger partial charge in [-0.25, -0.2) is 4.39 Å². The van der Waals surface area contributed by atoms with Crippen LogP contribution in [0.4, 0.5) is 4.39 Å². The van der Waals surface area contributed by atoms with Gasteiger partial charge in [0.15, 0.2) is 0 Å². The van der Waals surface area contributed by atoms with Crippen LogP contribution < -0.4 is 5.32 Å². The summed E-state index contributed by atoms with van der Waals surface area (Å²) in [6.07, 6.45) is 6.68. The summed E-state index contributed by atoms with van der Waals surface area (Å²) < 4.78 is 14.0. The highest BCUT2D eigenvalue weighted by atomic mass is 35.5. The molecule has 1 aromatic carbocycles. The minimum atomic E-state index is -0.177. The number of halogens is 2. The third-order valence-corrected chi connectivity index (χ3v) is 5.37. The average molecular weight is 311 g/mol. The van der Waals surface area contributed by atoms with E-state index in [2.05, 4.69) is 10.2 Å². The second-order valence-electron chi connectivity index (χ2n) is 6.34. The van der Waals surface area contributed by atoms with Gasteiger partial charge in [-0.15, -0.1) is 0 Å². The first-order chi connectivity index (χ1) is 10.3. The Morgan fingerprint density at radius 2 is 2.05 bits per heavy atom. The molecule has 0 spiro atoms. The fourth-order valence-electron chi connectivity index (χ4n) is 3.83. The summed E-state index contributed by atoms with van der Waals surface area (Å²) in [6, 6.07) is 5.50. The number of nitrogens with one attached hydrogen (secondary N) is 1. The van der Waals surface area contributed by atoms with Crippen molar-refractivity contribution < 1.29 is 4.39 Å². The summed E-state index contributed by atoms with van der Waals surface area (Å²) in [7, 11) is 0. The van der Waals surface area contributed by atoms with Crippen molar-refractivity contribution in [2.45, 2.75) is 44.7 Å². The van der Waals surface area contributed by atoms with E-state index < -0.39 is 0 Å². The van der Waals surface area contributed by atoms with Crippen LogP contribution in [0.5, 0.6) is 0 Å². The van der Waals surface area contributed by atoms with Gasteiger partial charge >= 0.3 is 0 Å². The lowest BCUT2D eigenvalue weighted by Gasteiger charge is -2.42. The van der Waals surface area contributed by atoms with Gasteiger partial charge < -0.3 is 5.32 Å². The van der Waals surface area contributed by atoms with E-state index >= 15 is 0 Å². The molecule has 2 aliphatic rings. The number of rotatable bonds is 3. The Labute approximate surface area is 131 Å². The molecule has 1 saturated heterocycles. The van der Waals surface area contributed by atoms with Gasteiger partial charge in [0, 0.05) is 42.8 Å². The third kappa shape index (κ3) is 3.58. The van der Waals surface area contributed by atoms with Crippen LogP contribution in [0, 0.1) is 11.7 Å². The lowest BCUT2D eigenvalue weighted by Crippen LogP contribution is -2.54. The SMILES string of the molecule is Fc1cccc(Cl)c1CN1CCNCC1C1CCCCC1. The Bertz CT molecular complexity index is 454. The second-order valence-corrected chi connectivity index (χ2v) is 6.75. The van der Waals surface area contributed by atoms with E-state index in [9.17, 15) is 4.39 Å². The number of hydrogen-bond acceptors (Lipinski definition) is 2. The first kappa shape index (κ1) is 15.3. The summed E-state index contributed by atoms with van der Waals surface area (Å²) in [5.41, 5.74) is 0.655. The molecule has 0 radical (unpaired) electrons. The van der Waals surface area contributed by atoms with Gasteiger partial charge in [-0.3, -0.25) is 4.90 Å². The Balaban J connectivity index is 1.74. The summed E-state index contributed by atoms with van der Waals surface area (Å²) in [4.78, 5) is 2.44.